The Labute approximate surface area is 180 Å². The molecule has 4 heterocycles. The molecule has 0 amide bonds. The number of hydrogen-bond donors (Lipinski definition) is 1. The highest BCUT2D eigenvalue weighted by Gasteiger charge is 2.19. The van der Waals surface area contributed by atoms with Crippen LogP contribution in [0.25, 0.3) is 11.0 Å². The number of hydrogen-bond acceptors (Lipinski definition) is 6. The molecule has 0 aromatic carbocycles. The third kappa shape index (κ3) is 5.08. The molecule has 0 aliphatic carbocycles. The summed E-state index contributed by atoms with van der Waals surface area (Å²) in [6.07, 6.45) is 5.33. The van der Waals surface area contributed by atoms with E-state index in [-0.39, 0.29) is 5.56 Å². The molecule has 0 radical (unpaired) electrons. The molecule has 164 valence electrons. The first-order valence-corrected chi connectivity index (χ1v) is 10.6. The van der Waals surface area contributed by atoms with E-state index in [1.807, 2.05) is 12.1 Å². The molecule has 0 bridgehead atoms. The molecule has 1 fully saturated rings. The maximum Gasteiger partial charge on any atom is 0.251 e. The minimum absolute atomic E-state index is 0.0256. The summed E-state index contributed by atoms with van der Waals surface area (Å²) in [6.45, 7) is 5.79. The topological polar surface area (TPSA) is 72.3 Å². The second-order valence-corrected chi connectivity index (χ2v) is 8.05. The molecule has 1 saturated heterocycles. The molecule has 0 atom stereocenters. The first-order chi connectivity index (χ1) is 15.0. The lowest BCUT2D eigenvalue weighted by molar-refractivity contribution is 0.191. The lowest BCUT2D eigenvalue weighted by Gasteiger charge is -2.32. The first kappa shape index (κ1) is 21.4. The minimum Gasteiger partial charge on any atom is -0.495 e. The number of ether oxygens (including phenoxy) is 1. The fraction of sp³-hybridized carbons (Fsp3) is 0.435. The second-order valence-electron chi connectivity index (χ2n) is 8.05. The number of nitrogens with one attached hydrogen (secondary N) is 1. The smallest absolute Gasteiger partial charge is 0.251 e. The molecule has 8 heteroatoms. The summed E-state index contributed by atoms with van der Waals surface area (Å²) in [7, 11) is 1.60. The Kier molecular flexibility index (Phi) is 6.58. The summed E-state index contributed by atoms with van der Waals surface area (Å²) in [5.41, 5.74) is 3.13. The fourth-order valence-corrected chi connectivity index (χ4v) is 4.07. The minimum atomic E-state index is -0.406. The highest BCUT2D eigenvalue weighted by Crippen LogP contribution is 2.17. The van der Waals surface area contributed by atoms with Crippen molar-refractivity contribution in [1.82, 2.24) is 24.8 Å². The van der Waals surface area contributed by atoms with Gasteiger partial charge in [0.05, 0.1) is 24.3 Å². The number of pyridine rings is 3. The van der Waals surface area contributed by atoms with Gasteiger partial charge in [-0.1, -0.05) is 0 Å². The van der Waals surface area contributed by atoms with E-state index in [4.69, 9.17) is 4.74 Å². The summed E-state index contributed by atoms with van der Waals surface area (Å²) < 4.78 is 20.4. The number of likely N-dealkylation sites (tertiary alicyclic amines) is 1. The summed E-state index contributed by atoms with van der Waals surface area (Å²) in [5, 5.41) is 3.56. The summed E-state index contributed by atoms with van der Waals surface area (Å²) in [4.78, 5) is 23.0. The van der Waals surface area contributed by atoms with E-state index in [0.717, 1.165) is 49.1 Å². The molecular weight excluding hydrogens is 397 g/mol. The van der Waals surface area contributed by atoms with Gasteiger partial charge in [-0.3, -0.25) is 9.78 Å². The predicted molar refractivity (Wildman–Crippen MR) is 118 cm³/mol. The van der Waals surface area contributed by atoms with Crippen LogP contribution >= 0.6 is 0 Å². The Balaban J connectivity index is 1.31. The maximum atomic E-state index is 13.3. The molecule has 3 aromatic rings. The third-order valence-electron chi connectivity index (χ3n) is 5.94. The number of nitrogens with zero attached hydrogens (tertiary/aromatic N) is 4. The van der Waals surface area contributed by atoms with E-state index in [2.05, 4.69) is 20.2 Å². The summed E-state index contributed by atoms with van der Waals surface area (Å²) in [5.74, 6) is 0.238. The Morgan fingerprint density at radius 2 is 1.97 bits per heavy atom. The van der Waals surface area contributed by atoms with Crippen molar-refractivity contribution >= 4 is 11.0 Å². The third-order valence-corrected chi connectivity index (χ3v) is 5.94. The summed E-state index contributed by atoms with van der Waals surface area (Å²) in [6, 6.07) is 7.46. The molecule has 0 saturated carbocycles. The van der Waals surface area contributed by atoms with E-state index in [1.54, 1.807) is 43.1 Å². The van der Waals surface area contributed by atoms with Crippen LogP contribution in [-0.4, -0.2) is 52.2 Å². The van der Waals surface area contributed by atoms with Crippen LogP contribution in [0.1, 0.15) is 24.0 Å². The molecule has 3 aromatic heterocycles. The van der Waals surface area contributed by atoms with Gasteiger partial charge >= 0.3 is 0 Å². The van der Waals surface area contributed by atoms with Crippen molar-refractivity contribution in [3.05, 3.63) is 64.1 Å². The lowest BCUT2D eigenvalue weighted by atomic mass is 10.0. The Hall–Kier alpha value is -2.84. The van der Waals surface area contributed by atoms with Gasteiger partial charge in [-0.2, -0.15) is 4.39 Å². The zero-order chi connectivity index (χ0) is 21.8. The standard InChI is InChI=1S/C23H28FN5O2/c1-16-11-17(14-27-23(16)24)13-25-18-5-7-28(8-6-18)9-10-29-21-12-19(31-2)15-26-20(21)3-4-22(29)30/h3-4,11-12,14-15,18,25H,5-10,13H2,1-2H3. The fourth-order valence-electron chi connectivity index (χ4n) is 4.07. The first-order valence-electron chi connectivity index (χ1n) is 10.6. The van der Waals surface area contributed by atoms with Crippen molar-refractivity contribution < 1.29 is 9.13 Å². The Bertz CT molecular complexity index is 1110. The van der Waals surface area contributed by atoms with Crippen molar-refractivity contribution in [3.63, 3.8) is 0 Å². The van der Waals surface area contributed by atoms with E-state index in [9.17, 15) is 9.18 Å². The van der Waals surface area contributed by atoms with Crippen LogP contribution in [0.3, 0.4) is 0 Å². The SMILES string of the molecule is COc1cnc2ccc(=O)n(CCN3CCC(NCc4cnc(F)c(C)c4)CC3)c2c1. The van der Waals surface area contributed by atoms with Gasteiger partial charge in [0.15, 0.2) is 0 Å². The van der Waals surface area contributed by atoms with Crippen LogP contribution in [0.15, 0.2) is 41.5 Å². The monoisotopic (exact) mass is 425 g/mol. The predicted octanol–water partition coefficient (Wildman–Crippen LogP) is 2.50. The van der Waals surface area contributed by atoms with Crippen LogP contribution in [0.2, 0.25) is 0 Å². The highest BCUT2D eigenvalue weighted by molar-refractivity contribution is 5.75. The zero-order valence-electron chi connectivity index (χ0n) is 18.0. The van der Waals surface area contributed by atoms with E-state index < -0.39 is 5.95 Å². The number of methoxy groups -OCH3 is 1. The molecule has 1 aliphatic heterocycles. The average Bonchev–Trinajstić information content (AvgIpc) is 2.79. The number of rotatable bonds is 7. The van der Waals surface area contributed by atoms with Gasteiger partial charge in [-0.15, -0.1) is 0 Å². The normalized spacial score (nSPS) is 15.5. The van der Waals surface area contributed by atoms with Crippen LogP contribution in [0.4, 0.5) is 4.39 Å². The number of piperidine rings is 1. The molecule has 0 unspecified atom stereocenters. The van der Waals surface area contributed by atoms with Gasteiger partial charge in [0.2, 0.25) is 5.95 Å². The molecule has 1 N–H and O–H groups in total. The molecule has 1 aliphatic rings. The molecule has 7 nitrogen and oxygen atoms in total. The largest absolute Gasteiger partial charge is 0.495 e. The van der Waals surface area contributed by atoms with Crippen molar-refractivity contribution in [2.24, 2.45) is 0 Å². The zero-order valence-corrected chi connectivity index (χ0v) is 18.0. The Morgan fingerprint density at radius 1 is 1.16 bits per heavy atom. The summed E-state index contributed by atoms with van der Waals surface area (Å²) >= 11 is 0. The van der Waals surface area contributed by atoms with E-state index >= 15 is 0 Å². The van der Waals surface area contributed by atoms with Gasteiger partial charge in [-0.05, 0) is 50.6 Å². The van der Waals surface area contributed by atoms with Gasteiger partial charge < -0.3 is 19.5 Å². The maximum absolute atomic E-state index is 13.3. The van der Waals surface area contributed by atoms with Gasteiger partial charge in [0, 0.05) is 49.6 Å². The van der Waals surface area contributed by atoms with Crippen LogP contribution in [-0.2, 0) is 13.1 Å². The number of halogens is 1. The number of aromatic nitrogens is 3. The second kappa shape index (κ2) is 9.53. The average molecular weight is 426 g/mol. The lowest BCUT2D eigenvalue weighted by Crippen LogP contribution is -2.43. The number of aryl methyl sites for hydroxylation is 1. The van der Waals surface area contributed by atoms with Crippen molar-refractivity contribution in [1.29, 1.82) is 0 Å². The van der Waals surface area contributed by atoms with Gasteiger partial charge in [-0.25, -0.2) is 4.98 Å². The number of fused-ring (bicyclic) bond motifs is 1. The van der Waals surface area contributed by atoms with Crippen molar-refractivity contribution in [2.45, 2.75) is 38.9 Å². The van der Waals surface area contributed by atoms with Crippen LogP contribution in [0, 0.1) is 12.9 Å². The quantitative estimate of drug-likeness (QED) is 0.587. The van der Waals surface area contributed by atoms with E-state index in [0.29, 0.717) is 30.4 Å². The molecule has 31 heavy (non-hydrogen) atoms. The van der Waals surface area contributed by atoms with Gasteiger partial charge in [0.1, 0.15) is 5.75 Å². The molecule has 4 rings (SSSR count). The van der Waals surface area contributed by atoms with Crippen molar-refractivity contribution in [3.8, 4) is 5.75 Å². The van der Waals surface area contributed by atoms with Crippen LogP contribution < -0.4 is 15.6 Å². The van der Waals surface area contributed by atoms with E-state index in [1.165, 1.54) is 0 Å². The van der Waals surface area contributed by atoms with Crippen molar-refractivity contribution in [2.75, 3.05) is 26.7 Å². The molecular formula is C23H28FN5O2. The van der Waals surface area contributed by atoms with Crippen LogP contribution in [0.5, 0.6) is 5.75 Å². The molecule has 0 spiro atoms. The van der Waals surface area contributed by atoms with Gasteiger partial charge in [0.25, 0.3) is 5.56 Å². The Morgan fingerprint density at radius 3 is 2.71 bits per heavy atom. The highest BCUT2D eigenvalue weighted by atomic mass is 19.1.